The van der Waals surface area contributed by atoms with Crippen LogP contribution in [0, 0.1) is 0 Å². The monoisotopic (exact) mass is 269 g/mol. The lowest BCUT2D eigenvalue weighted by molar-refractivity contribution is -0.115. The van der Waals surface area contributed by atoms with Gasteiger partial charge in [0.05, 0.1) is 11.4 Å². The predicted octanol–water partition coefficient (Wildman–Crippen LogP) is 4.07. The summed E-state index contributed by atoms with van der Waals surface area (Å²) in [7, 11) is 0. The molecule has 0 spiro atoms. The van der Waals surface area contributed by atoms with E-state index in [4.69, 9.17) is 11.6 Å². The van der Waals surface area contributed by atoms with Gasteiger partial charge in [0, 0.05) is 0 Å². The van der Waals surface area contributed by atoms with Crippen molar-refractivity contribution >= 4 is 41.0 Å². The maximum atomic E-state index is 12.2. The lowest BCUT2D eigenvalue weighted by Crippen LogP contribution is -2.27. The lowest BCUT2D eigenvalue weighted by Gasteiger charge is -2.24. The molecule has 3 rings (SSSR count). The van der Waals surface area contributed by atoms with Crippen molar-refractivity contribution in [2.45, 2.75) is 0 Å². The molecule has 0 atom stereocenters. The van der Waals surface area contributed by atoms with Crippen LogP contribution in [0.1, 0.15) is 11.1 Å². The Hall–Kier alpha value is -2.06. The molecular weight excluding hydrogens is 258 g/mol. The molecule has 0 saturated carbocycles. The molecule has 3 heteroatoms. The molecule has 1 aliphatic rings. The highest BCUT2D eigenvalue weighted by Crippen LogP contribution is 2.36. The molecule has 1 heterocycles. The Morgan fingerprint density at radius 3 is 1.84 bits per heavy atom. The predicted molar refractivity (Wildman–Crippen MR) is 79.7 cm³/mol. The Kier molecular flexibility index (Phi) is 3.10. The first-order valence-electron chi connectivity index (χ1n) is 6.06. The topological polar surface area (TPSA) is 20.3 Å². The lowest BCUT2D eigenvalue weighted by atomic mass is 10.1. The van der Waals surface area contributed by atoms with Crippen LogP contribution in [-0.2, 0) is 4.79 Å². The largest absolute Gasteiger partial charge is 0.279 e. The van der Waals surface area contributed by atoms with Crippen molar-refractivity contribution < 1.29 is 4.79 Å². The second-order valence-electron chi connectivity index (χ2n) is 4.31. The van der Waals surface area contributed by atoms with Crippen LogP contribution in [0.2, 0.25) is 0 Å². The molecule has 2 nitrogen and oxygen atoms in total. The molecule has 1 aliphatic heterocycles. The van der Waals surface area contributed by atoms with E-state index >= 15 is 0 Å². The number of rotatable bonds is 1. The van der Waals surface area contributed by atoms with Gasteiger partial charge in [-0.15, -0.1) is 11.6 Å². The van der Waals surface area contributed by atoms with Crippen LogP contribution >= 0.6 is 11.6 Å². The molecule has 19 heavy (non-hydrogen) atoms. The smallest absolute Gasteiger partial charge is 0.246 e. The number of para-hydroxylation sites is 2. The first-order chi connectivity index (χ1) is 9.31. The molecule has 0 N–H and O–H groups in total. The van der Waals surface area contributed by atoms with Gasteiger partial charge in [-0.2, -0.15) is 0 Å². The van der Waals surface area contributed by atoms with Crippen LogP contribution in [0.4, 0.5) is 11.4 Å². The number of carbonyl (C=O) groups is 1. The minimum absolute atomic E-state index is 0.0390. The molecule has 0 bridgehead atoms. The molecule has 94 valence electrons. The fraction of sp³-hybridized carbons (Fsp3) is 0.0625. The van der Waals surface area contributed by atoms with Gasteiger partial charge in [-0.3, -0.25) is 9.69 Å². The zero-order valence-corrected chi connectivity index (χ0v) is 11.0. The molecule has 1 amide bonds. The van der Waals surface area contributed by atoms with E-state index in [-0.39, 0.29) is 11.8 Å². The Balaban J connectivity index is 2.27. The van der Waals surface area contributed by atoms with E-state index in [1.807, 2.05) is 60.7 Å². The molecule has 0 fully saturated rings. The van der Waals surface area contributed by atoms with Gasteiger partial charge in [-0.25, -0.2) is 0 Å². The summed E-state index contributed by atoms with van der Waals surface area (Å²) in [5.74, 6) is -0.159. The third kappa shape index (κ3) is 2.04. The Bertz CT molecular complexity index is 614. The average molecular weight is 270 g/mol. The third-order valence-corrected chi connectivity index (χ3v) is 3.39. The number of benzene rings is 2. The fourth-order valence-electron chi connectivity index (χ4n) is 2.30. The van der Waals surface area contributed by atoms with Gasteiger partial charge >= 0.3 is 0 Å². The summed E-state index contributed by atoms with van der Waals surface area (Å²) in [5.41, 5.74) is 3.76. The van der Waals surface area contributed by atoms with Crippen molar-refractivity contribution in [3.8, 4) is 0 Å². The van der Waals surface area contributed by atoms with Crippen LogP contribution in [0.5, 0.6) is 0 Å². The molecule has 0 aromatic heterocycles. The van der Waals surface area contributed by atoms with E-state index in [0.717, 1.165) is 22.5 Å². The number of amides is 1. The molecule has 2 aromatic carbocycles. The van der Waals surface area contributed by atoms with E-state index in [0.29, 0.717) is 0 Å². The summed E-state index contributed by atoms with van der Waals surface area (Å²) in [5, 5.41) is 0. The minimum atomic E-state index is -0.120. The quantitative estimate of drug-likeness (QED) is 0.715. The second kappa shape index (κ2) is 4.90. The van der Waals surface area contributed by atoms with E-state index in [1.165, 1.54) is 0 Å². The molecule has 0 unspecified atom stereocenters. The number of hydrogen-bond acceptors (Lipinski definition) is 1. The normalized spacial score (nSPS) is 12.6. The molecular formula is C16H12ClNO. The molecule has 0 radical (unpaired) electrons. The first-order valence-corrected chi connectivity index (χ1v) is 6.60. The number of alkyl halides is 1. The van der Waals surface area contributed by atoms with Crippen molar-refractivity contribution in [3.05, 3.63) is 59.7 Å². The van der Waals surface area contributed by atoms with Crippen molar-refractivity contribution in [1.29, 1.82) is 0 Å². The average Bonchev–Trinajstić information content (AvgIpc) is 2.63. The first kappa shape index (κ1) is 12.0. The zero-order valence-electron chi connectivity index (χ0n) is 10.2. The Labute approximate surface area is 116 Å². The van der Waals surface area contributed by atoms with Crippen LogP contribution in [0.3, 0.4) is 0 Å². The van der Waals surface area contributed by atoms with Crippen LogP contribution in [0.15, 0.2) is 48.5 Å². The summed E-state index contributed by atoms with van der Waals surface area (Å²) in [6, 6.07) is 15.6. The number of fused-ring (bicyclic) bond motifs is 2. The van der Waals surface area contributed by atoms with Gasteiger partial charge < -0.3 is 0 Å². The highest BCUT2D eigenvalue weighted by molar-refractivity contribution is 6.30. The number of hydrogen-bond donors (Lipinski definition) is 0. The standard InChI is InChI=1S/C16H12ClNO/c17-11-16(19)18-14-7-3-1-5-12(14)9-10-13-6-2-4-8-15(13)18/h1-10H,11H2. The summed E-state index contributed by atoms with van der Waals surface area (Å²) < 4.78 is 0. The van der Waals surface area contributed by atoms with Gasteiger partial charge in [0.25, 0.3) is 0 Å². The number of nitrogens with zero attached hydrogens (tertiary/aromatic N) is 1. The molecule has 0 saturated heterocycles. The third-order valence-electron chi connectivity index (χ3n) is 3.16. The van der Waals surface area contributed by atoms with Crippen molar-refractivity contribution in [2.75, 3.05) is 10.8 Å². The number of halogens is 1. The van der Waals surface area contributed by atoms with Crippen LogP contribution < -0.4 is 4.90 Å². The number of anilines is 2. The summed E-state index contributed by atoms with van der Waals surface area (Å²) in [6.07, 6.45) is 4.05. The van der Waals surface area contributed by atoms with Crippen LogP contribution in [0.25, 0.3) is 12.2 Å². The van der Waals surface area contributed by atoms with Gasteiger partial charge in [0.15, 0.2) is 0 Å². The second-order valence-corrected chi connectivity index (χ2v) is 4.58. The van der Waals surface area contributed by atoms with E-state index in [1.54, 1.807) is 4.90 Å². The highest BCUT2D eigenvalue weighted by Gasteiger charge is 2.22. The molecule has 2 aromatic rings. The van der Waals surface area contributed by atoms with Crippen LogP contribution in [-0.4, -0.2) is 11.8 Å². The van der Waals surface area contributed by atoms with Gasteiger partial charge in [-0.1, -0.05) is 48.6 Å². The highest BCUT2D eigenvalue weighted by atomic mass is 35.5. The molecule has 0 aliphatic carbocycles. The Morgan fingerprint density at radius 1 is 0.895 bits per heavy atom. The van der Waals surface area contributed by atoms with E-state index in [2.05, 4.69) is 0 Å². The summed E-state index contributed by atoms with van der Waals surface area (Å²) in [4.78, 5) is 13.9. The van der Waals surface area contributed by atoms with Crippen molar-refractivity contribution in [2.24, 2.45) is 0 Å². The summed E-state index contributed by atoms with van der Waals surface area (Å²) >= 11 is 5.76. The fourth-order valence-corrected chi connectivity index (χ4v) is 2.42. The van der Waals surface area contributed by atoms with Crippen molar-refractivity contribution in [1.82, 2.24) is 0 Å². The maximum absolute atomic E-state index is 12.2. The van der Waals surface area contributed by atoms with Gasteiger partial charge in [0.1, 0.15) is 5.88 Å². The maximum Gasteiger partial charge on any atom is 0.246 e. The summed E-state index contributed by atoms with van der Waals surface area (Å²) in [6.45, 7) is 0. The van der Waals surface area contributed by atoms with Crippen molar-refractivity contribution in [3.63, 3.8) is 0 Å². The van der Waals surface area contributed by atoms with Gasteiger partial charge in [0.2, 0.25) is 5.91 Å². The SMILES string of the molecule is O=C(CCl)N1c2ccccc2C=Cc2ccccc21. The zero-order chi connectivity index (χ0) is 13.2. The number of carbonyl (C=O) groups excluding carboxylic acids is 1. The Morgan fingerprint density at radius 2 is 1.37 bits per heavy atom. The van der Waals surface area contributed by atoms with Gasteiger partial charge in [-0.05, 0) is 23.3 Å². The van der Waals surface area contributed by atoms with E-state index in [9.17, 15) is 4.79 Å². The van der Waals surface area contributed by atoms with E-state index < -0.39 is 0 Å². The minimum Gasteiger partial charge on any atom is -0.279 e.